The number of hydrogen-bond acceptors (Lipinski definition) is 2. The van der Waals surface area contributed by atoms with Gasteiger partial charge in [-0.2, -0.15) is 0 Å². The van der Waals surface area contributed by atoms with E-state index < -0.39 is 0 Å². The number of rotatable bonds is 3. The average molecular weight is 252 g/mol. The third-order valence-corrected chi connectivity index (χ3v) is 2.69. The Hall–Kier alpha value is -0.250. The number of unbranched alkanes of at least 4 members (excludes halogenated alkanes) is 1. The molecule has 88 valence electrons. The number of halogens is 2. The molecule has 1 atom stereocenters. The van der Waals surface area contributed by atoms with E-state index in [0.717, 1.165) is 13.0 Å². The van der Waals surface area contributed by atoms with Gasteiger partial charge in [0.25, 0.3) is 0 Å². The van der Waals surface area contributed by atoms with Crippen molar-refractivity contribution in [2.45, 2.75) is 38.6 Å². The van der Waals surface area contributed by atoms with Gasteiger partial charge in [0, 0.05) is 18.7 Å². The Morgan fingerprint density at radius 1 is 1.47 bits per heavy atom. The van der Waals surface area contributed by atoms with Crippen LogP contribution in [0.4, 0.5) is 0 Å². The molecular weight excluding hydrogens is 233 g/mol. The van der Waals surface area contributed by atoms with Crippen molar-refractivity contribution in [2.75, 3.05) is 6.54 Å². The maximum absolute atomic E-state index is 4.37. The van der Waals surface area contributed by atoms with E-state index in [4.69, 9.17) is 0 Å². The van der Waals surface area contributed by atoms with Gasteiger partial charge in [-0.3, -0.25) is 0 Å². The van der Waals surface area contributed by atoms with Crippen molar-refractivity contribution in [3.63, 3.8) is 0 Å². The molecule has 0 bridgehead atoms. The largest absolute Gasteiger partial charge is 0.348 e. The van der Waals surface area contributed by atoms with Gasteiger partial charge < -0.3 is 10.3 Å². The lowest BCUT2D eigenvalue weighted by molar-refractivity contribution is 0.450. The third kappa shape index (κ3) is 3.37. The van der Waals surface area contributed by atoms with Gasteiger partial charge in [-0.1, -0.05) is 19.8 Å². The van der Waals surface area contributed by atoms with Gasteiger partial charge in [-0.15, -0.1) is 24.8 Å². The van der Waals surface area contributed by atoms with Gasteiger partial charge in [0.15, 0.2) is 0 Å². The highest BCUT2D eigenvalue weighted by atomic mass is 35.5. The maximum atomic E-state index is 4.37. The zero-order chi connectivity index (χ0) is 9.10. The molecule has 1 unspecified atom stereocenters. The molecule has 0 fully saturated rings. The summed E-state index contributed by atoms with van der Waals surface area (Å²) in [5, 5.41) is 3.51. The first-order chi connectivity index (χ1) is 6.42. The van der Waals surface area contributed by atoms with Crippen LogP contribution in [0.5, 0.6) is 0 Å². The van der Waals surface area contributed by atoms with Crippen LogP contribution in [0.25, 0.3) is 0 Å². The summed E-state index contributed by atoms with van der Waals surface area (Å²) >= 11 is 0. The van der Waals surface area contributed by atoms with E-state index in [9.17, 15) is 0 Å². The number of H-pyrrole nitrogens is 1. The van der Waals surface area contributed by atoms with E-state index in [0.29, 0.717) is 6.04 Å². The van der Waals surface area contributed by atoms with Gasteiger partial charge in [0.05, 0.1) is 18.1 Å². The fourth-order valence-corrected chi connectivity index (χ4v) is 1.95. The fraction of sp³-hybridized carbons (Fsp3) is 0.700. The molecule has 1 aliphatic heterocycles. The van der Waals surface area contributed by atoms with Crippen LogP contribution in [0.3, 0.4) is 0 Å². The zero-order valence-corrected chi connectivity index (χ0v) is 10.6. The summed E-state index contributed by atoms with van der Waals surface area (Å²) in [5.41, 5.74) is 2.58. The van der Waals surface area contributed by atoms with Crippen LogP contribution in [-0.4, -0.2) is 16.5 Å². The molecule has 1 aromatic rings. The Balaban J connectivity index is 0.000000980. The van der Waals surface area contributed by atoms with Crippen LogP contribution in [-0.2, 0) is 6.42 Å². The summed E-state index contributed by atoms with van der Waals surface area (Å²) < 4.78 is 0. The summed E-state index contributed by atoms with van der Waals surface area (Å²) in [4.78, 5) is 7.59. The minimum absolute atomic E-state index is 0. The second-order valence-electron chi connectivity index (χ2n) is 3.67. The average Bonchev–Trinajstić information content (AvgIpc) is 2.62. The monoisotopic (exact) mass is 251 g/mol. The molecule has 0 saturated carbocycles. The van der Waals surface area contributed by atoms with Crippen molar-refractivity contribution >= 4 is 24.8 Å². The predicted molar refractivity (Wildman–Crippen MR) is 67.1 cm³/mol. The Labute approximate surface area is 103 Å². The number of nitrogens with one attached hydrogen (secondary N) is 2. The standard InChI is InChI=1S/C10H17N3.2ClH/c1-2-3-4-8-10-9(5-6-11-8)12-7-13-10;;/h7-8,11H,2-6H2,1H3,(H,12,13);2*1H. The normalized spacial score (nSPS) is 18.6. The number of nitrogens with zero attached hydrogens (tertiary/aromatic N) is 1. The van der Waals surface area contributed by atoms with Crippen LogP contribution in [0, 0.1) is 0 Å². The lowest BCUT2D eigenvalue weighted by Crippen LogP contribution is -2.29. The minimum Gasteiger partial charge on any atom is -0.348 e. The molecule has 2 N–H and O–H groups in total. The Morgan fingerprint density at radius 2 is 2.27 bits per heavy atom. The molecule has 5 heteroatoms. The summed E-state index contributed by atoms with van der Waals surface area (Å²) in [7, 11) is 0. The van der Waals surface area contributed by atoms with E-state index in [1.165, 1.54) is 30.7 Å². The van der Waals surface area contributed by atoms with Crippen molar-refractivity contribution in [3.8, 4) is 0 Å². The highest BCUT2D eigenvalue weighted by Gasteiger charge is 2.20. The first-order valence-corrected chi connectivity index (χ1v) is 5.17. The van der Waals surface area contributed by atoms with E-state index >= 15 is 0 Å². The van der Waals surface area contributed by atoms with Gasteiger partial charge in [0.1, 0.15) is 0 Å². The zero-order valence-electron chi connectivity index (χ0n) is 8.95. The molecule has 0 radical (unpaired) electrons. The third-order valence-electron chi connectivity index (χ3n) is 2.69. The molecule has 0 aliphatic carbocycles. The van der Waals surface area contributed by atoms with Crippen LogP contribution >= 0.6 is 24.8 Å². The number of fused-ring (bicyclic) bond motifs is 1. The topological polar surface area (TPSA) is 40.7 Å². The van der Waals surface area contributed by atoms with Gasteiger partial charge >= 0.3 is 0 Å². The van der Waals surface area contributed by atoms with E-state index in [2.05, 4.69) is 22.2 Å². The maximum Gasteiger partial charge on any atom is 0.0925 e. The summed E-state index contributed by atoms with van der Waals surface area (Å²) in [6.07, 6.45) is 6.67. The van der Waals surface area contributed by atoms with Crippen molar-refractivity contribution in [2.24, 2.45) is 0 Å². The summed E-state index contributed by atoms with van der Waals surface area (Å²) in [5.74, 6) is 0. The van der Waals surface area contributed by atoms with Crippen molar-refractivity contribution < 1.29 is 0 Å². The lowest BCUT2D eigenvalue weighted by Gasteiger charge is -2.22. The summed E-state index contributed by atoms with van der Waals surface area (Å²) in [6.45, 7) is 3.32. The lowest BCUT2D eigenvalue weighted by atomic mass is 10.0. The quantitative estimate of drug-likeness (QED) is 0.868. The molecule has 0 spiro atoms. The molecule has 3 nitrogen and oxygen atoms in total. The number of aromatic amines is 1. The van der Waals surface area contributed by atoms with Crippen LogP contribution in [0.15, 0.2) is 6.33 Å². The first-order valence-electron chi connectivity index (χ1n) is 5.17. The minimum atomic E-state index is 0. The van der Waals surface area contributed by atoms with Crippen molar-refractivity contribution in [1.29, 1.82) is 0 Å². The van der Waals surface area contributed by atoms with Crippen LogP contribution in [0.2, 0.25) is 0 Å². The van der Waals surface area contributed by atoms with Crippen molar-refractivity contribution in [1.82, 2.24) is 15.3 Å². The van der Waals surface area contributed by atoms with Gasteiger partial charge in [-0.05, 0) is 6.42 Å². The van der Waals surface area contributed by atoms with E-state index in [1.54, 1.807) is 0 Å². The second kappa shape index (κ2) is 7.09. The van der Waals surface area contributed by atoms with Gasteiger partial charge in [0.2, 0.25) is 0 Å². The van der Waals surface area contributed by atoms with Crippen molar-refractivity contribution in [3.05, 3.63) is 17.7 Å². The molecule has 1 aliphatic rings. The molecular formula is C10H19Cl2N3. The molecule has 1 aromatic heterocycles. The smallest absolute Gasteiger partial charge is 0.0925 e. The highest BCUT2D eigenvalue weighted by molar-refractivity contribution is 5.85. The van der Waals surface area contributed by atoms with Crippen LogP contribution < -0.4 is 5.32 Å². The molecule has 2 rings (SSSR count). The van der Waals surface area contributed by atoms with Gasteiger partial charge in [-0.25, -0.2) is 4.98 Å². The van der Waals surface area contributed by atoms with E-state index in [1.807, 2.05) is 6.33 Å². The Morgan fingerprint density at radius 3 is 3.00 bits per heavy atom. The highest BCUT2D eigenvalue weighted by Crippen LogP contribution is 2.23. The first kappa shape index (κ1) is 14.8. The van der Waals surface area contributed by atoms with E-state index in [-0.39, 0.29) is 24.8 Å². The second-order valence-corrected chi connectivity index (χ2v) is 3.67. The molecule has 2 heterocycles. The number of imidazole rings is 1. The summed E-state index contributed by atoms with van der Waals surface area (Å²) in [6, 6.07) is 0.495. The molecule has 0 amide bonds. The Kier molecular flexibility index (Phi) is 6.98. The predicted octanol–water partition coefficient (Wildman–Crippen LogP) is 2.63. The molecule has 15 heavy (non-hydrogen) atoms. The SMILES string of the molecule is CCCCC1NCCc2[nH]cnc21.Cl.Cl. The fourth-order valence-electron chi connectivity index (χ4n) is 1.95. The number of hydrogen-bond donors (Lipinski definition) is 2. The molecule has 0 aromatic carbocycles. The number of aromatic nitrogens is 2. The Bertz CT molecular complexity index is 275. The van der Waals surface area contributed by atoms with Crippen LogP contribution in [0.1, 0.15) is 43.6 Å². The molecule has 0 saturated heterocycles.